The highest BCUT2D eigenvalue weighted by Gasteiger charge is 2.28. The lowest BCUT2D eigenvalue weighted by atomic mass is 10.1. The molecule has 1 unspecified atom stereocenters. The molecule has 0 radical (unpaired) electrons. The van der Waals surface area contributed by atoms with Gasteiger partial charge in [-0.3, -0.25) is 4.79 Å². The van der Waals surface area contributed by atoms with Gasteiger partial charge in [-0.1, -0.05) is 15.9 Å². The number of aromatic amines is 1. The summed E-state index contributed by atoms with van der Waals surface area (Å²) in [6, 6.07) is 7.58. The Labute approximate surface area is 161 Å². The van der Waals surface area contributed by atoms with Crippen molar-refractivity contribution in [2.45, 2.75) is 45.3 Å². The maximum atomic E-state index is 12.6. The van der Waals surface area contributed by atoms with Crippen molar-refractivity contribution in [3.05, 3.63) is 34.4 Å². The number of rotatable bonds is 2. The fourth-order valence-electron chi connectivity index (χ4n) is 3.08. The second-order valence-electron chi connectivity index (χ2n) is 7.65. The summed E-state index contributed by atoms with van der Waals surface area (Å²) >= 11 is 3.44. The molecule has 2 aromatic rings. The largest absolute Gasteiger partial charge is 0.444 e. The van der Waals surface area contributed by atoms with Crippen LogP contribution in [0.3, 0.4) is 0 Å². The highest BCUT2D eigenvalue weighted by Crippen LogP contribution is 2.21. The number of piperidine rings is 1. The fraction of sp³-hybridized carbons (Fsp3) is 0.474. The number of amides is 2. The Morgan fingerprint density at radius 2 is 2.08 bits per heavy atom. The van der Waals surface area contributed by atoms with Crippen molar-refractivity contribution in [3.63, 3.8) is 0 Å². The van der Waals surface area contributed by atoms with E-state index >= 15 is 0 Å². The molecular weight excluding hydrogens is 398 g/mol. The summed E-state index contributed by atoms with van der Waals surface area (Å²) in [5, 5.41) is 4.00. The predicted molar refractivity (Wildman–Crippen MR) is 104 cm³/mol. The molecule has 7 heteroatoms. The van der Waals surface area contributed by atoms with Crippen molar-refractivity contribution in [1.29, 1.82) is 0 Å². The number of ether oxygens (including phenoxy) is 1. The molecule has 0 spiro atoms. The molecule has 1 atom stereocenters. The maximum Gasteiger partial charge on any atom is 0.410 e. The minimum Gasteiger partial charge on any atom is -0.444 e. The zero-order valence-corrected chi connectivity index (χ0v) is 16.9. The smallest absolute Gasteiger partial charge is 0.410 e. The Morgan fingerprint density at radius 3 is 2.81 bits per heavy atom. The van der Waals surface area contributed by atoms with Gasteiger partial charge in [-0.05, 0) is 57.9 Å². The van der Waals surface area contributed by atoms with Crippen molar-refractivity contribution in [1.82, 2.24) is 15.2 Å². The van der Waals surface area contributed by atoms with Gasteiger partial charge in [-0.25, -0.2) is 4.79 Å². The van der Waals surface area contributed by atoms with E-state index in [0.717, 1.165) is 28.2 Å². The molecule has 0 aliphatic carbocycles. The second-order valence-corrected chi connectivity index (χ2v) is 8.57. The first-order valence-electron chi connectivity index (χ1n) is 8.78. The van der Waals surface area contributed by atoms with Crippen LogP contribution in [0.5, 0.6) is 0 Å². The molecule has 2 amide bonds. The van der Waals surface area contributed by atoms with E-state index in [1.807, 2.05) is 45.0 Å². The lowest BCUT2D eigenvalue weighted by Gasteiger charge is -2.34. The number of aromatic nitrogens is 1. The van der Waals surface area contributed by atoms with Gasteiger partial charge >= 0.3 is 6.09 Å². The molecule has 1 fully saturated rings. The number of halogens is 1. The summed E-state index contributed by atoms with van der Waals surface area (Å²) in [5.41, 5.74) is 0.913. The molecular formula is C19H24BrN3O3. The summed E-state index contributed by atoms with van der Waals surface area (Å²) < 4.78 is 6.40. The number of fused-ring (bicyclic) bond motifs is 1. The van der Waals surface area contributed by atoms with Crippen molar-refractivity contribution >= 4 is 38.8 Å². The minimum absolute atomic E-state index is 0.0816. The Hall–Kier alpha value is -2.02. The van der Waals surface area contributed by atoms with Crippen LogP contribution in [0.2, 0.25) is 0 Å². The van der Waals surface area contributed by atoms with E-state index in [-0.39, 0.29) is 18.0 Å². The van der Waals surface area contributed by atoms with Crippen molar-refractivity contribution in [2.75, 3.05) is 13.1 Å². The van der Waals surface area contributed by atoms with Gasteiger partial charge in [0.25, 0.3) is 5.91 Å². The quantitative estimate of drug-likeness (QED) is 0.767. The molecule has 1 aliphatic rings. The van der Waals surface area contributed by atoms with Crippen LogP contribution in [-0.4, -0.2) is 46.6 Å². The fourth-order valence-corrected chi connectivity index (χ4v) is 3.46. The third-order valence-electron chi connectivity index (χ3n) is 4.24. The average molecular weight is 422 g/mol. The highest BCUT2D eigenvalue weighted by atomic mass is 79.9. The van der Waals surface area contributed by atoms with Crippen LogP contribution in [-0.2, 0) is 4.74 Å². The molecule has 0 bridgehead atoms. The first kappa shape index (κ1) is 18.8. The van der Waals surface area contributed by atoms with Gasteiger partial charge in [0.05, 0.1) is 0 Å². The zero-order valence-electron chi connectivity index (χ0n) is 15.3. The van der Waals surface area contributed by atoms with Crippen LogP contribution >= 0.6 is 15.9 Å². The number of carbonyl (C=O) groups is 2. The Kier molecular flexibility index (Phi) is 5.27. The summed E-state index contributed by atoms with van der Waals surface area (Å²) in [4.78, 5) is 29.6. The van der Waals surface area contributed by atoms with E-state index in [1.165, 1.54) is 0 Å². The third kappa shape index (κ3) is 4.58. The minimum atomic E-state index is -0.522. The van der Waals surface area contributed by atoms with Crippen LogP contribution in [0.4, 0.5) is 4.79 Å². The van der Waals surface area contributed by atoms with Gasteiger partial charge < -0.3 is 19.9 Å². The molecule has 26 heavy (non-hydrogen) atoms. The lowest BCUT2D eigenvalue weighted by molar-refractivity contribution is 0.0185. The molecule has 1 saturated heterocycles. The van der Waals surface area contributed by atoms with E-state index in [9.17, 15) is 9.59 Å². The van der Waals surface area contributed by atoms with E-state index in [2.05, 4.69) is 26.2 Å². The number of hydrogen-bond donors (Lipinski definition) is 2. The van der Waals surface area contributed by atoms with E-state index in [4.69, 9.17) is 4.74 Å². The molecule has 6 nitrogen and oxygen atoms in total. The molecule has 1 aliphatic heterocycles. The Bertz CT molecular complexity index is 825. The Morgan fingerprint density at radius 1 is 1.31 bits per heavy atom. The van der Waals surface area contributed by atoms with Gasteiger partial charge in [0.15, 0.2) is 0 Å². The molecule has 2 heterocycles. The van der Waals surface area contributed by atoms with Crippen molar-refractivity contribution < 1.29 is 14.3 Å². The first-order chi connectivity index (χ1) is 12.2. The first-order valence-corrected chi connectivity index (χ1v) is 9.58. The molecule has 140 valence electrons. The summed E-state index contributed by atoms with van der Waals surface area (Å²) in [6.45, 7) is 6.67. The topological polar surface area (TPSA) is 74.4 Å². The van der Waals surface area contributed by atoms with Gasteiger partial charge in [0.2, 0.25) is 0 Å². The van der Waals surface area contributed by atoms with E-state index in [0.29, 0.717) is 18.8 Å². The third-order valence-corrected chi connectivity index (χ3v) is 4.73. The van der Waals surface area contributed by atoms with Crippen LogP contribution in [0.15, 0.2) is 28.7 Å². The summed E-state index contributed by atoms with van der Waals surface area (Å²) in [6.07, 6.45) is 1.35. The molecule has 1 aromatic carbocycles. The molecule has 3 rings (SSSR count). The van der Waals surface area contributed by atoms with Gasteiger partial charge in [0, 0.05) is 34.5 Å². The number of hydrogen-bond acceptors (Lipinski definition) is 3. The zero-order chi connectivity index (χ0) is 18.9. The van der Waals surface area contributed by atoms with Gasteiger partial charge in [-0.15, -0.1) is 0 Å². The van der Waals surface area contributed by atoms with Gasteiger partial charge in [-0.2, -0.15) is 0 Å². The van der Waals surface area contributed by atoms with E-state index in [1.54, 1.807) is 4.90 Å². The maximum absolute atomic E-state index is 12.6. The normalized spacial score (nSPS) is 18.0. The number of nitrogens with zero attached hydrogens (tertiary/aromatic N) is 1. The Balaban J connectivity index is 1.63. The number of likely N-dealkylation sites (tertiary alicyclic amines) is 1. The summed E-state index contributed by atoms with van der Waals surface area (Å²) in [7, 11) is 0. The number of carbonyl (C=O) groups excluding carboxylic acids is 2. The monoisotopic (exact) mass is 421 g/mol. The summed E-state index contributed by atoms with van der Waals surface area (Å²) in [5.74, 6) is -0.159. The van der Waals surface area contributed by atoms with Crippen LogP contribution < -0.4 is 5.32 Å². The molecule has 1 aromatic heterocycles. The highest BCUT2D eigenvalue weighted by molar-refractivity contribution is 9.10. The van der Waals surface area contributed by atoms with Crippen molar-refractivity contribution in [3.8, 4) is 0 Å². The number of benzene rings is 1. The molecule has 2 N–H and O–H groups in total. The average Bonchev–Trinajstić information content (AvgIpc) is 2.96. The molecule has 0 saturated carbocycles. The standard InChI is InChI=1S/C19H24BrN3O3/c1-19(2,3)26-18(25)23-8-4-5-14(11-23)21-17(24)16-10-12-9-13(20)6-7-15(12)22-16/h6-7,9-10,14,22H,4-5,8,11H2,1-3H3,(H,21,24). The predicted octanol–water partition coefficient (Wildman–Crippen LogP) is 4.06. The number of H-pyrrole nitrogens is 1. The van der Waals surface area contributed by atoms with Crippen LogP contribution in [0.25, 0.3) is 10.9 Å². The number of nitrogens with one attached hydrogen (secondary N) is 2. The van der Waals surface area contributed by atoms with Crippen LogP contribution in [0, 0.1) is 0 Å². The van der Waals surface area contributed by atoms with E-state index < -0.39 is 5.60 Å². The van der Waals surface area contributed by atoms with Gasteiger partial charge in [0.1, 0.15) is 11.3 Å². The van der Waals surface area contributed by atoms with Crippen LogP contribution in [0.1, 0.15) is 44.1 Å². The lowest BCUT2D eigenvalue weighted by Crippen LogP contribution is -2.50. The van der Waals surface area contributed by atoms with Crippen molar-refractivity contribution in [2.24, 2.45) is 0 Å². The SMILES string of the molecule is CC(C)(C)OC(=O)N1CCCC(NC(=O)c2cc3cc(Br)ccc3[nH]2)C1. The second kappa shape index (κ2) is 7.31.